The molecule has 108 valence electrons. The summed E-state index contributed by atoms with van der Waals surface area (Å²) in [5.41, 5.74) is 5.76. The molecule has 0 spiro atoms. The lowest BCUT2D eigenvalue weighted by Gasteiger charge is -2.28. The Kier molecular flexibility index (Phi) is 8.79. The number of hydrogen-bond acceptors (Lipinski definition) is 2. The summed E-state index contributed by atoms with van der Waals surface area (Å²) in [5.74, 6) is 0.841. The van der Waals surface area contributed by atoms with Gasteiger partial charge in [-0.1, -0.05) is 59.7 Å². The third-order valence-corrected chi connectivity index (χ3v) is 4.61. The topological polar surface area (TPSA) is 29.3 Å². The molecule has 2 N–H and O–H groups in total. The van der Waals surface area contributed by atoms with Gasteiger partial charge >= 0.3 is 0 Å². The van der Waals surface area contributed by atoms with Crippen molar-refractivity contribution in [2.75, 3.05) is 19.6 Å². The molecule has 0 atom stereocenters. The number of rotatable bonds is 10. The Balaban J connectivity index is 4.05. The van der Waals surface area contributed by atoms with Gasteiger partial charge in [-0.3, -0.25) is 0 Å². The van der Waals surface area contributed by atoms with Gasteiger partial charge in [-0.25, -0.2) is 0 Å². The predicted molar refractivity (Wildman–Crippen MR) is 86.0 cm³/mol. The molecule has 0 rings (SSSR count). The van der Waals surface area contributed by atoms with Crippen LogP contribution in [0.1, 0.15) is 60.3 Å². The maximum Gasteiger partial charge on any atom is 0.0784 e. The molecule has 0 heterocycles. The Morgan fingerprint density at radius 3 is 2.17 bits per heavy atom. The van der Waals surface area contributed by atoms with E-state index in [-0.39, 0.29) is 5.41 Å². The highest BCUT2D eigenvalue weighted by Gasteiger charge is 2.21. The van der Waals surface area contributed by atoms with Crippen LogP contribution >= 0.6 is 12.2 Å². The molecule has 0 saturated heterocycles. The quantitative estimate of drug-likeness (QED) is 0.613. The van der Waals surface area contributed by atoms with Crippen LogP contribution in [0.4, 0.5) is 0 Å². The van der Waals surface area contributed by atoms with Gasteiger partial charge in [0, 0.05) is 12.0 Å². The highest BCUT2D eigenvalue weighted by molar-refractivity contribution is 7.80. The summed E-state index contributed by atoms with van der Waals surface area (Å²) in [6.45, 7) is 14.7. The zero-order valence-corrected chi connectivity index (χ0v) is 13.8. The predicted octanol–water partition coefficient (Wildman–Crippen LogP) is 3.84. The molecule has 0 saturated carbocycles. The van der Waals surface area contributed by atoms with E-state index in [9.17, 15) is 0 Å². The SMILES string of the molecule is CCC(CC)CN(CC)CCCC(C)(C)C(N)=S. The maximum atomic E-state index is 5.76. The lowest BCUT2D eigenvalue weighted by atomic mass is 9.88. The first kappa shape index (κ1) is 17.8. The lowest BCUT2D eigenvalue weighted by molar-refractivity contribution is 0.223. The number of nitrogens with two attached hydrogens (primary N) is 1. The van der Waals surface area contributed by atoms with E-state index in [0.717, 1.165) is 18.9 Å². The third kappa shape index (κ3) is 6.69. The van der Waals surface area contributed by atoms with Crippen LogP contribution in [-0.4, -0.2) is 29.5 Å². The summed E-state index contributed by atoms with van der Waals surface area (Å²) in [6.07, 6.45) is 4.83. The molecule has 0 aromatic carbocycles. The first-order valence-corrected chi connectivity index (χ1v) is 7.80. The van der Waals surface area contributed by atoms with Gasteiger partial charge in [0.2, 0.25) is 0 Å². The largest absolute Gasteiger partial charge is 0.393 e. The van der Waals surface area contributed by atoms with Crippen molar-refractivity contribution in [1.29, 1.82) is 0 Å². The molecule has 0 aliphatic rings. The van der Waals surface area contributed by atoms with Gasteiger partial charge in [-0.05, 0) is 31.8 Å². The molecule has 0 aromatic rings. The number of nitrogens with zero attached hydrogens (tertiary/aromatic N) is 1. The third-order valence-electron chi connectivity index (χ3n) is 4.06. The minimum Gasteiger partial charge on any atom is -0.393 e. The van der Waals surface area contributed by atoms with Crippen molar-refractivity contribution >= 4 is 17.2 Å². The zero-order chi connectivity index (χ0) is 14.2. The van der Waals surface area contributed by atoms with E-state index in [1.807, 2.05) is 0 Å². The minimum atomic E-state index is 0.00363. The lowest BCUT2D eigenvalue weighted by Crippen LogP contribution is -2.33. The van der Waals surface area contributed by atoms with E-state index in [4.69, 9.17) is 18.0 Å². The van der Waals surface area contributed by atoms with Crippen molar-refractivity contribution in [3.05, 3.63) is 0 Å². The van der Waals surface area contributed by atoms with Gasteiger partial charge in [0.25, 0.3) is 0 Å². The first-order valence-electron chi connectivity index (χ1n) is 7.39. The molecule has 0 aromatic heterocycles. The average Bonchev–Trinajstić information content (AvgIpc) is 2.33. The van der Waals surface area contributed by atoms with Gasteiger partial charge in [-0.2, -0.15) is 0 Å². The number of hydrogen-bond donors (Lipinski definition) is 1. The molecule has 0 amide bonds. The summed E-state index contributed by atoms with van der Waals surface area (Å²) < 4.78 is 0. The first-order chi connectivity index (χ1) is 8.37. The van der Waals surface area contributed by atoms with Crippen molar-refractivity contribution < 1.29 is 0 Å². The van der Waals surface area contributed by atoms with Crippen molar-refractivity contribution in [3.8, 4) is 0 Å². The van der Waals surface area contributed by atoms with Crippen LogP contribution in [0.2, 0.25) is 0 Å². The van der Waals surface area contributed by atoms with Gasteiger partial charge < -0.3 is 10.6 Å². The highest BCUT2D eigenvalue weighted by Crippen LogP contribution is 2.23. The van der Waals surface area contributed by atoms with Crippen molar-refractivity contribution in [1.82, 2.24) is 4.90 Å². The van der Waals surface area contributed by atoms with E-state index in [0.29, 0.717) is 4.99 Å². The molecule has 3 heteroatoms. The van der Waals surface area contributed by atoms with Crippen molar-refractivity contribution in [2.45, 2.75) is 60.3 Å². The van der Waals surface area contributed by atoms with Crippen LogP contribution in [-0.2, 0) is 0 Å². The second-order valence-electron chi connectivity index (χ2n) is 5.93. The van der Waals surface area contributed by atoms with Crippen LogP contribution in [0.5, 0.6) is 0 Å². The Morgan fingerprint density at radius 1 is 1.22 bits per heavy atom. The minimum absolute atomic E-state index is 0.00363. The molecular weight excluding hydrogens is 240 g/mol. The van der Waals surface area contributed by atoms with E-state index < -0.39 is 0 Å². The molecule has 0 bridgehead atoms. The molecule has 18 heavy (non-hydrogen) atoms. The molecule has 0 unspecified atom stereocenters. The van der Waals surface area contributed by atoms with Gasteiger partial charge in [0.15, 0.2) is 0 Å². The maximum absolute atomic E-state index is 5.76. The van der Waals surface area contributed by atoms with Crippen LogP contribution < -0.4 is 5.73 Å². The monoisotopic (exact) mass is 272 g/mol. The standard InChI is InChI=1S/C15H32N2S/c1-6-13(7-2)12-17(8-3)11-9-10-15(4,5)14(16)18/h13H,6-12H2,1-5H3,(H2,16,18). The van der Waals surface area contributed by atoms with Gasteiger partial charge in [0.05, 0.1) is 4.99 Å². The molecule has 2 nitrogen and oxygen atoms in total. The Labute approximate surface area is 119 Å². The molecule has 0 fully saturated rings. The van der Waals surface area contributed by atoms with Crippen molar-refractivity contribution in [2.24, 2.45) is 17.1 Å². The van der Waals surface area contributed by atoms with Crippen LogP contribution in [0.15, 0.2) is 0 Å². The summed E-state index contributed by atoms with van der Waals surface area (Å²) in [5, 5.41) is 0. The van der Waals surface area contributed by atoms with Gasteiger partial charge in [-0.15, -0.1) is 0 Å². The smallest absolute Gasteiger partial charge is 0.0784 e. The molecular formula is C15H32N2S. The van der Waals surface area contributed by atoms with Crippen LogP contribution in [0.3, 0.4) is 0 Å². The van der Waals surface area contributed by atoms with E-state index in [2.05, 4.69) is 39.5 Å². The Hall–Kier alpha value is -0.150. The van der Waals surface area contributed by atoms with Crippen LogP contribution in [0.25, 0.3) is 0 Å². The Bertz CT molecular complexity index is 235. The van der Waals surface area contributed by atoms with E-state index in [1.54, 1.807) is 0 Å². The fraction of sp³-hybridized carbons (Fsp3) is 0.933. The van der Waals surface area contributed by atoms with Crippen molar-refractivity contribution in [3.63, 3.8) is 0 Å². The normalized spacial score (nSPS) is 12.4. The van der Waals surface area contributed by atoms with Gasteiger partial charge in [0.1, 0.15) is 0 Å². The summed E-state index contributed by atoms with van der Waals surface area (Å²) in [4.78, 5) is 3.21. The zero-order valence-electron chi connectivity index (χ0n) is 13.0. The highest BCUT2D eigenvalue weighted by atomic mass is 32.1. The molecule has 0 aliphatic carbocycles. The average molecular weight is 273 g/mol. The summed E-state index contributed by atoms with van der Waals surface area (Å²) in [7, 11) is 0. The molecule has 0 radical (unpaired) electrons. The summed E-state index contributed by atoms with van der Waals surface area (Å²) in [6, 6.07) is 0. The Morgan fingerprint density at radius 2 is 1.78 bits per heavy atom. The second kappa shape index (κ2) is 8.87. The van der Waals surface area contributed by atoms with Crippen LogP contribution in [0, 0.1) is 11.3 Å². The fourth-order valence-corrected chi connectivity index (χ4v) is 2.26. The number of thiocarbonyl (C=S) groups is 1. The van der Waals surface area contributed by atoms with E-state index in [1.165, 1.54) is 32.4 Å². The molecule has 0 aliphatic heterocycles. The summed E-state index contributed by atoms with van der Waals surface area (Å²) >= 11 is 5.11. The fourth-order valence-electron chi connectivity index (χ4n) is 2.16. The second-order valence-corrected chi connectivity index (χ2v) is 6.37. The van der Waals surface area contributed by atoms with E-state index >= 15 is 0 Å².